The molecule has 0 saturated heterocycles. The Hall–Kier alpha value is -4.99. The minimum absolute atomic E-state index is 0.0831. The fourth-order valence-corrected chi connectivity index (χ4v) is 10.7. The van der Waals surface area contributed by atoms with E-state index < -0.39 is 5.97 Å². The van der Waals surface area contributed by atoms with Crippen molar-refractivity contribution in [3.8, 4) is 17.0 Å². The third kappa shape index (κ3) is 11.0. The van der Waals surface area contributed by atoms with E-state index in [0.29, 0.717) is 29.0 Å². The van der Waals surface area contributed by atoms with Crippen LogP contribution in [0, 0.1) is 31.6 Å². The SMILES string of the molecule is CC[C@H]1c2cc3[nH]c4c(c(O)c(C(=O)OC)c-4c4[nH]c(cc5[nH]c(cc(n2)[C@@H]1C)c(=C(C)O)c5C)[C@@H](C)[C@@H]4CCC(=O)OC/C=C(/C)CCC[C@H](C)CCC[C@@H](C)CCCC(C)C)c3C. The first-order valence-electron chi connectivity index (χ1n) is 24.6. The van der Waals surface area contributed by atoms with Crippen LogP contribution in [0.2, 0.25) is 0 Å². The highest BCUT2D eigenvalue weighted by atomic mass is 16.5. The highest BCUT2D eigenvalue weighted by Gasteiger charge is 2.38. The zero-order valence-corrected chi connectivity index (χ0v) is 41.5. The number of aryl methyl sites for hydroxylation is 2. The van der Waals surface area contributed by atoms with Crippen LogP contribution >= 0.6 is 0 Å². The molecule has 65 heavy (non-hydrogen) atoms. The number of aromatic hydroxyl groups is 1. The topological polar surface area (TPSA) is 153 Å². The molecule has 6 rings (SSSR count). The molecule has 0 radical (unpaired) electrons. The number of aromatic nitrogens is 4. The third-order valence-electron chi connectivity index (χ3n) is 14.9. The summed E-state index contributed by atoms with van der Waals surface area (Å²) in [6, 6.07) is 6.18. The number of aromatic amines is 3. The Labute approximate surface area is 387 Å². The Kier molecular flexibility index (Phi) is 16.4. The second-order valence-electron chi connectivity index (χ2n) is 20.3. The molecule has 10 nitrogen and oxygen atoms in total. The van der Waals surface area contributed by atoms with Crippen LogP contribution in [0.25, 0.3) is 39.0 Å². The number of ether oxygens (including phenoxy) is 2. The molecule has 0 fully saturated rings. The first-order valence-corrected chi connectivity index (χ1v) is 24.6. The van der Waals surface area contributed by atoms with Crippen LogP contribution in [0.1, 0.15) is 207 Å². The number of hydrogen-bond acceptors (Lipinski definition) is 7. The smallest absolute Gasteiger partial charge is 0.342 e. The second kappa shape index (κ2) is 21.5. The van der Waals surface area contributed by atoms with Crippen LogP contribution in [0.3, 0.4) is 0 Å². The molecule has 5 N–H and O–H groups in total. The van der Waals surface area contributed by atoms with Gasteiger partial charge in [-0.15, -0.1) is 0 Å². The standard InChI is InChI=1S/C55H78N4O6/c1-13-39-34(7)41-29-46-48(38(11)60)36(9)43(57-46)27-42-35(8)40(52(58-42)50-51(55(63)64-12)54(62)49-37(10)44(59-53(49)50)28-45(39)56-41)23-24-47(61)65-26-25-33(6)22-16-21-32(5)20-15-19-31(4)18-14-17-30(2)3/h25,27-32,34-35,39-40,57-60,62H,13-24,26H2,1-12H3/b33-25-,42-27?,45-28?,46-29?,48-38?,52-50?/t31-,32+,34+,35-,39+,40-/m0/s1. The van der Waals surface area contributed by atoms with Crippen molar-refractivity contribution in [1.29, 1.82) is 0 Å². The molecule has 3 aliphatic heterocycles. The number of aliphatic hydroxyl groups is 1. The Balaban J connectivity index is 1.25. The first kappa shape index (κ1) is 49.4. The predicted molar refractivity (Wildman–Crippen MR) is 265 cm³/mol. The number of methoxy groups -OCH3 is 1. The van der Waals surface area contributed by atoms with E-state index in [1.807, 2.05) is 19.9 Å². The minimum Gasteiger partial charge on any atom is -0.512 e. The number of aliphatic hydroxyl groups excluding tert-OH is 1. The van der Waals surface area contributed by atoms with Crippen molar-refractivity contribution >= 4 is 39.6 Å². The van der Waals surface area contributed by atoms with Gasteiger partial charge in [-0.3, -0.25) is 9.78 Å². The molecule has 0 unspecified atom stereocenters. The molecule has 5 heterocycles. The average molecular weight is 891 g/mol. The average Bonchev–Trinajstić information content (AvgIpc) is 4.00. The van der Waals surface area contributed by atoms with Gasteiger partial charge in [0, 0.05) is 80.1 Å². The van der Waals surface area contributed by atoms with Crippen LogP contribution in [-0.2, 0) is 14.3 Å². The fraction of sp³-hybridized carbons (Fsp3) is 0.582. The summed E-state index contributed by atoms with van der Waals surface area (Å²) in [7, 11) is 1.32. The van der Waals surface area contributed by atoms with Crippen molar-refractivity contribution in [1.82, 2.24) is 19.9 Å². The van der Waals surface area contributed by atoms with Crippen molar-refractivity contribution in [2.24, 2.45) is 17.8 Å². The highest BCUT2D eigenvalue weighted by Crippen LogP contribution is 2.52. The van der Waals surface area contributed by atoms with Crippen molar-refractivity contribution < 1.29 is 29.3 Å². The molecular weight excluding hydrogens is 813 g/mol. The molecule has 0 saturated carbocycles. The van der Waals surface area contributed by atoms with Gasteiger partial charge >= 0.3 is 11.9 Å². The van der Waals surface area contributed by atoms with Gasteiger partial charge in [-0.05, 0) is 107 Å². The highest BCUT2D eigenvalue weighted by molar-refractivity contribution is 6.12. The number of rotatable bonds is 19. The van der Waals surface area contributed by atoms with E-state index in [2.05, 4.69) is 88.5 Å². The zero-order chi connectivity index (χ0) is 47.3. The van der Waals surface area contributed by atoms with Gasteiger partial charge in [0.1, 0.15) is 17.9 Å². The maximum atomic E-state index is 13.6. The predicted octanol–water partition coefficient (Wildman–Crippen LogP) is 13.8. The molecule has 8 bridgehead atoms. The summed E-state index contributed by atoms with van der Waals surface area (Å²) < 4.78 is 11.1. The zero-order valence-electron chi connectivity index (χ0n) is 41.5. The van der Waals surface area contributed by atoms with Gasteiger partial charge in [-0.25, -0.2) is 4.79 Å². The Morgan fingerprint density at radius 1 is 0.815 bits per heavy atom. The van der Waals surface area contributed by atoms with Gasteiger partial charge < -0.3 is 34.6 Å². The molecule has 2 aromatic rings. The van der Waals surface area contributed by atoms with Gasteiger partial charge in [0.2, 0.25) is 0 Å². The van der Waals surface area contributed by atoms with Crippen molar-refractivity contribution in [2.75, 3.05) is 13.7 Å². The number of H-pyrrole nitrogens is 3. The van der Waals surface area contributed by atoms with E-state index in [1.165, 1.54) is 57.6 Å². The Bertz CT molecular complexity index is 2530. The number of nitrogens with one attached hydrogen (secondary N) is 3. The van der Waals surface area contributed by atoms with E-state index >= 15 is 0 Å². The monoisotopic (exact) mass is 891 g/mol. The van der Waals surface area contributed by atoms with E-state index in [4.69, 9.17) is 14.5 Å². The summed E-state index contributed by atoms with van der Waals surface area (Å²) in [5, 5.41) is 24.2. The van der Waals surface area contributed by atoms with Crippen molar-refractivity contribution in [2.45, 2.75) is 177 Å². The lowest BCUT2D eigenvalue weighted by Crippen LogP contribution is -2.11. The molecule has 0 aromatic carbocycles. The first-order chi connectivity index (χ1) is 30.9. The number of fused-ring (bicyclic) bond motifs is 8. The minimum atomic E-state index is -0.647. The fourth-order valence-electron chi connectivity index (χ4n) is 10.7. The molecule has 2 aromatic heterocycles. The van der Waals surface area contributed by atoms with Crippen LogP contribution < -0.4 is 5.22 Å². The number of carbonyl (C=O) groups is 2. The Morgan fingerprint density at radius 2 is 1.46 bits per heavy atom. The Morgan fingerprint density at radius 3 is 2.11 bits per heavy atom. The summed E-state index contributed by atoms with van der Waals surface area (Å²) in [5.41, 5.74) is 10.0. The van der Waals surface area contributed by atoms with Gasteiger partial charge in [0.05, 0.1) is 24.1 Å². The van der Waals surface area contributed by atoms with Crippen molar-refractivity contribution in [3.63, 3.8) is 0 Å². The van der Waals surface area contributed by atoms with Crippen molar-refractivity contribution in [3.05, 3.63) is 74.5 Å². The number of allylic oxidation sites excluding steroid dienone is 1. The molecule has 6 atom stereocenters. The van der Waals surface area contributed by atoms with Gasteiger partial charge in [-0.2, -0.15) is 0 Å². The summed E-state index contributed by atoms with van der Waals surface area (Å²) >= 11 is 0. The van der Waals surface area contributed by atoms with E-state index in [0.717, 1.165) is 86.8 Å². The van der Waals surface area contributed by atoms with Gasteiger partial charge in [-0.1, -0.05) is 99.0 Å². The van der Waals surface area contributed by atoms with Crippen LogP contribution in [0.15, 0.2) is 29.8 Å². The largest absolute Gasteiger partial charge is 0.512 e. The maximum Gasteiger partial charge on any atom is 0.342 e. The molecule has 10 heteroatoms. The molecule has 0 spiro atoms. The lowest BCUT2D eigenvalue weighted by molar-refractivity contribution is -0.142. The van der Waals surface area contributed by atoms with Gasteiger partial charge in [0.15, 0.2) is 0 Å². The van der Waals surface area contributed by atoms with Gasteiger partial charge in [0.25, 0.3) is 0 Å². The lowest BCUT2D eigenvalue weighted by Gasteiger charge is -2.18. The number of carbonyl (C=O) groups excluding carboxylic acids is 2. The van der Waals surface area contributed by atoms with Crippen LogP contribution in [0.4, 0.5) is 0 Å². The third-order valence-corrected chi connectivity index (χ3v) is 14.9. The maximum absolute atomic E-state index is 13.6. The quantitative estimate of drug-likeness (QED) is 0.0464. The number of nitrogens with zero attached hydrogens (tertiary/aromatic N) is 1. The molecule has 4 aliphatic rings. The van der Waals surface area contributed by atoms with Crippen LogP contribution in [-0.4, -0.2) is 55.8 Å². The summed E-state index contributed by atoms with van der Waals surface area (Å²) in [6.45, 7) is 23.9. The van der Waals surface area contributed by atoms with Crippen LogP contribution in [0.5, 0.6) is 5.75 Å². The van der Waals surface area contributed by atoms with E-state index in [-0.39, 0.29) is 59.7 Å². The van der Waals surface area contributed by atoms with E-state index in [1.54, 1.807) is 6.92 Å². The number of esters is 2. The molecule has 354 valence electrons. The molecule has 1 aliphatic carbocycles. The van der Waals surface area contributed by atoms with E-state index in [9.17, 15) is 19.8 Å². The lowest BCUT2D eigenvalue weighted by atomic mass is 9.85. The summed E-state index contributed by atoms with van der Waals surface area (Å²) in [4.78, 5) is 43.1. The molecular formula is C55H78N4O6. The summed E-state index contributed by atoms with van der Waals surface area (Å²) in [6.07, 6.45) is 14.8. The second-order valence-corrected chi connectivity index (χ2v) is 20.3. The molecule has 0 amide bonds. The normalized spacial score (nSPS) is 19.2. The summed E-state index contributed by atoms with van der Waals surface area (Å²) in [5.74, 6) is 1.36. The number of hydrogen-bond donors (Lipinski definition) is 5.